The molecule has 1 aromatic rings. The zero-order valence-corrected chi connectivity index (χ0v) is 6.75. The molecule has 0 saturated heterocycles. The summed E-state index contributed by atoms with van der Waals surface area (Å²) in [4.78, 5) is 4.18. The van der Waals surface area contributed by atoms with Gasteiger partial charge in [0.25, 0.3) is 0 Å². The molecule has 0 aliphatic heterocycles. The van der Waals surface area contributed by atoms with E-state index in [-0.39, 0.29) is 0 Å². The van der Waals surface area contributed by atoms with Gasteiger partial charge in [0.2, 0.25) is 0 Å². The first-order valence-corrected chi connectivity index (χ1v) is 3.74. The van der Waals surface area contributed by atoms with E-state index < -0.39 is 0 Å². The van der Waals surface area contributed by atoms with E-state index in [9.17, 15) is 0 Å². The maximum absolute atomic E-state index is 5.13. The molecule has 11 heavy (non-hydrogen) atoms. The van der Waals surface area contributed by atoms with Gasteiger partial charge in [0.15, 0.2) is 0 Å². The van der Waals surface area contributed by atoms with Crippen LogP contribution in [0.1, 0.15) is 12.2 Å². The summed E-state index contributed by atoms with van der Waals surface area (Å²) in [6.45, 7) is 0.840. The van der Waals surface area contributed by atoms with Crippen molar-refractivity contribution in [3.05, 3.63) is 18.2 Å². The Morgan fingerprint density at radius 1 is 1.73 bits per heavy atom. The molecule has 3 N–H and O–H groups in total. The Morgan fingerprint density at radius 2 is 2.55 bits per heavy atom. The smallest absolute Gasteiger partial charge is 0.108 e. The van der Waals surface area contributed by atoms with Crippen LogP contribution in [0.25, 0.3) is 0 Å². The van der Waals surface area contributed by atoms with Crippen LogP contribution in [0.2, 0.25) is 0 Å². The molecular formula is C7H14N4. The normalized spacial score (nSPS) is 10.4. The molecule has 0 aromatic carbocycles. The van der Waals surface area contributed by atoms with E-state index in [2.05, 4.69) is 10.4 Å². The van der Waals surface area contributed by atoms with E-state index in [1.54, 1.807) is 0 Å². The van der Waals surface area contributed by atoms with Gasteiger partial charge in [-0.3, -0.25) is 11.3 Å². The van der Waals surface area contributed by atoms with Crippen LogP contribution >= 0.6 is 0 Å². The summed E-state index contributed by atoms with van der Waals surface area (Å²) < 4.78 is 2.02. The molecule has 4 heteroatoms. The Kier molecular flexibility index (Phi) is 3.07. The van der Waals surface area contributed by atoms with Gasteiger partial charge in [-0.15, -0.1) is 0 Å². The molecule has 0 aliphatic carbocycles. The van der Waals surface area contributed by atoms with Crippen molar-refractivity contribution in [2.75, 3.05) is 6.54 Å². The van der Waals surface area contributed by atoms with Crippen LogP contribution in [0.3, 0.4) is 0 Å². The number of hydrogen-bond donors (Lipinski definition) is 2. The molecule has 0 amide bonds. The molecule has 0 atom stereocenters. The number of hydrogen-bond acceptors (Lipinski definition) is 3. The van der Waals surface area contributed by atoms with Gasteiger partial charge in [-0.2, -0.15) is 0 Å². The monoisotopic (exact) mass is 154 g/mol. The van der Waals surface area contributed by atoms with Gasteiger partial charge in [0, 0.05) is 32.4 Å². The van der Waals surface area contributed by atoms with Crippen LogP contribution in [0, 0.1) is 0 Å². The van der Waals surface area contributed by atoms with E-state index in [0.717, 1.165) is 25.2 Å². The summed E-state index contributed by atoms with van der Waals surface area (Å²) in [5, 5.41) is 0. The third-order valence-electron chi connectivity index (χ3n) is 1.64. The van der Waals surface area contributed by atoms with Crippen LogP contribution in [0.5, 0.6) is 0 Å². The van der Waals surface area contributed by atoms with Crippen LogP contribution in [0.15, 0.2) is 12.4 Å². The zero-order valence-electron chi connectivity index (χ0n) is 6.75. The standard InChI is InChI=1S/C7H14N4/c1-11-6-5-9-7(11)3-2-4-10-8/h5-6,10H,2-4,8H2,1H3. The molecule has 62 valence electrons. The largest absolute Gasteiger partial charge is 0.338 e. The van der Waals surface area contributed by atoms with Crippen molar-refractivity contribution in [1.82, 2.24) is 15.0 Å². The minimum absolute atomic E-state index is 0.840. The van der Waals surface area contributed by atoms with E-state index >= 15 is 0 Å². The van der Waals surface area contributed by atoms with Crippen molar-refractivity contribution in [2.45, 2.75) is 12.8 Å². The second kappa shape index (κ2) is 4.10. The Morgan fingerprint density at radius 3 is 3.09 bits per heavy atom. The third-order valence-corrected chi connectivity index (χ3v) is 1.64. The molecule has 0 spiro atoms. The second-order valence-corrected chi connectivity index (χ2v) is 2.51. The lowest BCUT2D eigenvalue weighted by Crippen LogP contribution is -2.23. The Balaban J connectivity index is 2.32. The average Bonchev–Trinajstić information content (AvgIpc) is 2.37. The molecule has 0 fully saturated rings. The number of imidazole rings is 1. The van der Waals surface area contributed by atoms with E-state index in [4.69, 9.17) is 5.84 Å². The van der Waals surface area contributed by atoms with Crippen molar-refractivity contribution in [3.63, 3.8) is 0 Å². The van der Waals surface area contributed by atoms with Crippen molar-refractivity contribution in [2.24, 2.45) is 12.9 Å². The molecule has 0 radical (unpaired) electrons. The van der Waals surface area contributed by atoms with Gasteiger partial charge in [0.1, 0.15) is 5.82 Å². The quantitative estimate of drug-likeness (QED) is 0.359. The number of aryl methyl sites for hydroxylation is 2. The molecule has 1 rings (SSSR count). The minimum atomic E-state index is 0.840. The van der Waals surface area contributed by atoms with E-state index in [0.29, 0.717) is 0 Å². The van der Waals surface area contributed by atoms with Gasteiger partial charge < -0.3 is 4.57 Å². The summed E-state index contributed by atoms with van der Waals surface area (Å²) in [7, 11) is 2.00. The number of aromatic nitrogens is 2. The molecule has 4 nitrogen and oxygen atoms in total. The predicted molar refractivity (Wildman–Crippen MR) is 43.7 cm³/mol. The topological polar surface area (TPSA) is 55.9 Å². The second-order valence-electron chi connectivity index (χ2n) is 2.51. The fourth-order valence-corrected chi connectivity index (χ4v) is 0.986. The van der Waals surface area contributed by atoms with Crippen molar-refractivity contribution >= 4 is 0 Å². The van der Waals surface area contributed by atoms with Crippen LogP contribution in [-0.2, 0) is 13.5 Å². The highest BCUT2D eigenvalue weighted by Crippen LogP contribution is 1.97. The van der Waals surface area contributed by atoms with Gasteiger partial charge in [-0.05, 0) is 6.42 Å². The summed E-state index contributed by atoms with van der Waals surface area (Å²) in [6, 6.07) is 0. The summed E-state index contributed by atoms with van der Waals surface area (Å²) in [5.74, 6) is 6.24. The predicted octanol–water partition coefficient (Wildman–Crippen LogP) is -0.184. The Hall–Kier alpha value is -0.870. The lowest BCUT2D eigenvalue weighted by Gasteiger charge is -2.00. The maximum Gasteiger partial charge on any atom is 0.108 e. The molecule has 1 aromatic heterocycles. The van der Waals surface area contributed by atoms with Gasteiger partial charge in [0.05, 0.1) is 0 Å². The molecule has 0 aliphatic rings. The Labute approximate surface area is 66.4 Å². The zero-order chi connectivity index (χ0) is 8.10. The van der Waals surface area contributed by atoms with Gasteiger partial charge in [-0.25, -0.2) is 4.98 Å². The summed E-state index contributed by atoms with van der Waals surface area (Å²) in [6.07, 6.45) is 5.77. The number of nitrogens with one attached hydrogen (secondary N) is 1. The minimum Gasteiger partial charge on any atom is -0.338 e. The molecule has 0 saturated carbocycles. The van der Waals surface area contributed by atoms with Gasteiger partial charge in [-0.1, -0.05) is 0 Å². The molecule has 0 unspecified atom stereocenters. The molecule has 0 bridgehead atoms. The first-order valence-electron chi connectivity index (χ1n) is 3.74. The van der Waals surface area contributed by atoms with Crippen LogP contribution in [-0.4, -0.2) is 16.1 Å². The number of nitrogens with two attached hydrogens (primary N) is 1. The highest BCUT2D eigenvalue weighted by atomic mass is 15.2. The van der Waals surface area contributed by atoms with E-state index in [1.807, 2.05) is 24.0 Å². The van der Waals surface area contributed by atoms with E-state index in [1.165, 1.54) is 0 Å². The fraction of sp³-hybridized carbons (Fsp3) is 0.571. The first-order chi connectivity index (χ1) is 5.34. The SMILES string of the molecule is Cn1ccnc1CCCNN. The number of hydrazine groups is 1. The number of nitrogens with zero attached hydrogens (tertiary/aromatic N) is 2. The van der Waals surface area contributed by atoms with Crippen molar-refractivity contribution in [3.8, 4) is 0 Å². The van der Waals surface area contributed by atoms with Gasteiger partial charge >= 0.3 is 0 Å². The lowest BCUT2D eigenvalue weighted by molar-refractivity contribution is 0.651. The summed E-state index contributed by atoms with van der Waals surface area (Å²) >= 11 is 0. The Bertz CT molecular complexity index is 206. The van der Waals surface area contributed by atoms with Crippen LogP contribution in [0.4, 0.5) is 0 Å². The first kappa shape index (κ1) is 8.23. The average molecular weight is 154 g/mol. The maximum atomic E-state index is 5.13. The van der Waals surface area contributed by atoms with Crippen LogP contribution < -0.4 is 11.3 Å². The third kappa shape index (κ3) is 2.32. The fourth-order valence-electron chi connectivity index (χ4n) is 0.986. The van der Waals surface area contributed by atoms with Crippen molar-refractivity contribution in [1.29, 1.82) is 0 Å². The highest BCUT2D eigenvalue weighted by molar-refractivity contribution is 4.90. The molecular weight excluding hydrogens is 140 g/mol. The highest BCUT2D eigenvalue weighted by Gasteiger charge is 1.96. The summed E-state index contributed by atoms with van der Waals surface area (Å²) in [5.41, 5.74) is 2.61. The van der Waals surface area contributed by atoms with Crippen molar-refractivity contribution < 1.29 is 0 Å². The number of rotatable bonds is 4. The molecule has 1 heterocycles. The lowest BCUT2D eigenvalue weighted by atomic mass is 10.3.